The number of hydrogen-bond donors (Lipinski definition) is 1. The maximum Gasteiger partial charge on any atom is 0.244 e. The van der Waals surface area contributed by atoms with E-state index in [1.54, 1.807) is 20.3 Å². The van der Waals surface area contributed by atoms with Crippen molar-refractivity contribution in [2.45, 2.75) is 20.4 Å². The molecular weight excluding hydrogens is 230 g/mol. The molecule has 1 rings (SSSR count). The molecule has 0 aliphatic rings. The van der Waals surface area contributed by atoms with Crippen LogP contribution in [0.2, 0.25) is 0 Å². The molecule has 4 nitrogen and oxygen atoms in total. The Hall–Kier alpha value is -1.97. The average molecular weight is 249 g/mol. The summed E-state index contributed by atoms with van der Waals surface area (Å²) in [4.78, 5) is 11.5. The van der Waals surface area contributed by atoms with Crippen molar-refractivity contribution in [3.05, 3.63) is 35.4 Å². The van der Waals surface area contributed by atoms with E-state index in [2.05, 4.69) is 5.32 Å². The van der Waals surface area contributed by atoms with Gasteiger partial charge in [-0.2, -0.15) is 0 Å². The maximum atomic E-state index is 11.5. The summed E-state index contributed by atoms with van der Waals surface area (Å²) in [5, 5.41) is 2.81. The van der Waals surface area contributed by atoms with E-state index >= 15 is 0 Å². The number of amides is 1. The zero-order chi connectivity index (χ0) is 13.5. The second-order valence-electron chi connectivity index (χ2n) is 4.13. The standard InChI is InChI=1S/C14H19NO3/c1-10(2)7-14(16)15-9-11-5-6-12(17-3)13(8-11)18-4/h5-8H,9H2,1-4H3,(H,15,16). The smallest absolute Gasteiger partial charge is 0.244 e. The molecule has 1 N–H and O–H groups in total. The third-order valence-corrected chi connectivity index (χ3v) is 2.33. The lowest BCUT2D eigenvalue weighted by molar-refractivity contribution is -0.116. The summed E-state index contributed by atoms with van der Waals surface area (Å²) in [6.45, 7) is 4.23. The Morgan fingerprint density at radius 3 is 2.44 bits per heavy atom. The quantitative estimate of drug-likeness (QED) is 0.814. The molecule has 0 unspecified atom stereocenters. The molecule has 0 heterocycles. The van der Waals surface area contributed by atoms with E-state index in [4.69, 9.17) is 9.47 Å². The predicted octanol–water partition coefficient (Wildman–Crippen LogP) is 2.29. The van der Waals surface area contributed by atoms with Crippen LogP contribution in [0.4, 0.5) is 0 Å². The molecule has 0 spiro atoms. The molecule has 0 fully saturated rings. The topological polar surface area (TPSA) is 47.6 Å². The highest BCUT2D eigenvalue weighted by Crippen LogP contribution is 2.27. The Balaban J connectivity index is 2.69. The van der Waals surface area contributed by atoms with Crippen LogP contribution in [0.5, 0.6) is 11.5 Å². The first-order chi connectivity index (χ1) is 8.56. The zero-order valence-electron chi connectivity index (χ0n) is 11.2. The Bertz CT molecular complexity index is 448. The third-order valence-electron chi connectivity index (χ3n) is 2.33. The van der Waals surface area contributed by atoms with Gasteiger partial charge in [-0.1, -0.05) is 11.6 Å². The number of carbonyl (C=O) groups is 1. The van der Waals surface area contributed by atoms with Crippen molar-refractivity contribution in [1.82, 2.24) is 5.32 Å². The van der Waals surface area contributed by atoms with Gasteiger partial charge in [-0.05, 0) is 31.5 Å². The van der Waals surface area contributed by atoms with Crippen LogP contribution in [0.3, 0.4) is 0 Å². The fraction of sp³-hybridized carbons (Fsp3) is 0.357. The second kappa shape index (κ2) is 6.69. The van der Waals surface area contributed by atoms with E-state index in [0.29, 0.717) is 18.0 Å². The van der Waals surface area contributed by atoms with Crippen molar-refractivity contribution in [2.24, 2.45) is 0 Å². The third kappa shape index (κ3) is 4.13. The Labute approximate surface area is 108 Å². The monoisotopic (exact) mass is 249 g/mol. The summed E-state index contributed by atoms with van der Waals surface area (Å²) in [6, 6.07) is 5.56. The molecule has 0 atom stereocenters. The molecule has 98 valence electrons. The van der Waals surface area contributed by atoms with Crippen LogP contribution < -0.4 is 14.8 Å². The lowest BCUT2D eigenvalue weighted by Gasteiger charge is -2.09. The van der Waals surface area contributed by atoms with Gasteiger partial charge in [-0.3, -0.25) is 4.79 Å². The Kier molecular flexibility index (Phi) is 5.24. The first-order valence-corrected chi connectivity index (χ1v) is 5.70. The first-order valence-electron chi connectivity index (χ1n) is 5.70. The fourth-order valence-electron chi connectivity index (χ4n) is 1.49. The molecule has 0 aliphatic carbocycles. The van der Waals surface area contributed by atoms with Gasteiger partial charge in [0.25, 0.3) is 0 Å². The lowest BCUT2D eigenvalue weighted by atomic mass is 10.2. The number of benzene rings is 1. The van der Waals surface area contributed by atoms with Crippen LogP contribution in [-0.2, 0) is 11.3 Å². The number of nitrogens with one attached hydrogen (secondary N) is 1. The SMILES string of the molecule is COc1ccc(CNC(=O)C=C(C)C)cc1OC. The molecule has 4 heteroatoms. The summed E-state index contributed by atoms with van der Waals surface area (Å²) >= 11 is 0. The highest BCUT2D eigenvalue weighted by Gasteiger charge is 2.05. The number of hydrogen-bond acceptors (Lipinski definition) is 3. The van der Waals surface area contributed by atoms with Gasteiger partial charge >= 0.3 is 0 Å². The largest absolute Gasteiger partial charge is 0.493 e. The van der Waals surface area contributed by atoms with E-state index < -0.39 is 0 Å². The average Bonchev–Trinajstić information content (AvgIpc) is 2.35. The van der Waals surface area contributed by atoms with Gasteiger partial charge in [0, 0.05) is 12.6 Å². The van der Waals surface area contributed by atoms with Crippen LogP contribution in [0.1, 0.15) is 19.4 Å². The number of rotatable bonds is 5. The van der Waals surface area contributed by atoms with Gasteiger partial charge in [-0.15, -0.1) is 0 Å². The Morgan fingerprint density at radius 1 is 1.22 bits per heavy atom. The second-order valence-corrected chi connectivity index (χ2v) is 4.13. The minimum absolute atomic E-state index is 0.0928. The Morgan fingerprint density at radius 2 is 1.89 bits per heavy atom. The van der Waals surface area contributed by atoms with Crippen LogP contribution in [0, 0.1) is 0 Å². The van der Waals surface area contributed by atoms with E-state index in [-0.39, 0.29) is 5.91 Å². The molecule has 0 bridgehead atoms. The van der Waals surface area contributed by atoms with Crippen molar-refractivity contribution in [2.75, 3.05) is 14.2 Å². The van der Waals surface area contributed by atoms with Gasteiger partial charge < -0.3 is 14.8 Å². The molecule has 1 amide bonds. The number of methoxy groups -OCH3 is 2. The highest BCUT2D eigenvalue weighted by atomic mass is 16.5. The van der Waals surface area contributed by atoms with Gasteiger partial charge in [-0.25, -0.2) is 0 Å². The van der Waals surface area contributed by atoms with E-state index in [0.717, 1.165) is 11.1 Å². The molecule has 0 saturated heterocycles. The van der Waals surface area contributed by atoms with Gasteiger partial charge in [0.05, 0.1) is 14.2 Å². The molecule has 1 aromatic carbocycles. The fourth-order valence-corrected chi connectivity index (χ4v) is 1.49. The van der Waals surface area contributed by atoms with E-state index in [9.17, 15) is 4.79 Å². The molecule has 0 radical (unpaired) electrons. The van der Waals surface area contributed by atoms with E-state index in [1.165, 1.54) is 0 Å². The summed E-state index contributed by atoms with van der Waals surface area (Å²) in [7, 11) is 3.18. The van der Waals surface area contributed by atoms with Crippen LogP contribution in [0.25, 0.3) is 0 Å². The van der Waals surface area contributed by atoms with Crippen molar-refractivity contribution < 1.29 is 14.3 Å². The lowest BCUT2D eigenvalue weighted by Crippen LogP contribution is -2.20. The summed E-state index contributed by atoms with van der Waals surface area (Å²) in [6.07, 6.45) is 1.57. The molecule has 18 heavy (non-hydrogen) atoms. The van der Waals surface area contributed by atoms with E-state index in [1.807, 2.05) is 32.0 Å². The van der Waals surface area contributed by atoms with Crippen LogP contribution in [0.15, 0.2) is 29.8 Å². The number of allylic oxidation sites excluding steroid dienone is 1. The van der Waals surface area contributed by atoms with Gasteiger partial charge in [0.15, 0.2) is 11.5 Å². The molecule has 0 saturated carbocycles. The van der Waals surface area contributed by atoms with Crippen molar-refractivity contribution >= 4 is 5.91 Å². The molecule has 1 aromatic rings. The normalized spacial score (nSPS) is 9.56. The van der Waals surface area contributed by atoms with Gasteiger partial charge in [0.1, 0.15) is 0 Å². The van der Waals surface area contributed by atoms with Crippen molar-refractivity contribution in [3.8, 4) is 11.5 Å². The molecular formula is C14H19NO3. The molecule has 0 aliphatic heterocycles. The number of ether oxygens (including phenoxy) is 2. The summed E-state index contributed by atoms with van der Waals surface area (Å²) < 4.78 is 10.3. The summed E-state index contributed by atoms with van der Waals surface area (Å²) in [5.74, 6) is 1.24. The van der Waals surface area contributed by atoms with Gasteiger partial charge in [0.2, 0.25) is 5.91 Å². The van der Waals surface area contributed by atoms with Crippen molar-refractivity contribution in [1.29, 1.82) is 0 Å². The van der Waals surface area contributed by atoms with Crippen LogP contribution >= 0.6 is 0 Å². The minimum Gasteiger partial charge on any atom is -0.493 e. The molecule has 0 aromatic heterocycles. The highest BCUT2D eigenvalue weighted by molar-refractivity contribution is 5.87. The maximum absolute atomic E-state index is 11.5. The number of carbonyl (C=O) groups excluding carboxylic acids is 1. The van der Waals surface area contributed by atoms with Crippen molar-refractivity contribution in [3.63, 3.8) is 0 Å². The zero-order valence-corrected chi connectivity index (χ0v) is 11.2. The first kappa shape index (κ1) is 14.1. The minimum atomic E-state index is -0.0928. The predicted molar refractivity (Wildman–Crippen MR) is 70.8 cm³/mol. The van der Waals surface area contributed by atoms with Crippen LogP contribution in [-0.4, -0.2) is 20.1 Å². The summed E-state index contributed by atoms with van der Waals surface area (Å²) in [5.41, 5.74) is 1.93.